The van der Waals surface area contributed by atoms with Crippen molar-refractivity contribution in [1.29, 1.82) is 0 Å². The molecule has 1 heterocycles. The molecule has 1 atom stereocenters. The highest BCUT2D eigenvalue weighted by atomic mass is 16.3. The van der Waals surface area contributed by atoms with Gasteiger partial charge in [0.1, 0.15) is 0 Å². The smallest absolute Gasteiger partial charge is 0.255 e. The van der Waals surface area contributed by atoms with E-state index in [0.717, 1.165) is 24.2 Å². The summed E-state index contributed by atoms with van der Waals surface area (Å²) in [5.74, 6) is 0.205. The van der Waals surface area contributed by atoms with E-state index in [4.69, 9.17) is 0 Å². The minimum Gasteiger partial charge on any atom is -0.391 e. The number of hydrogen-bond acceptors (Lipinski definition) is 3. The molecule has 0 spiro atoms. The van der Waals surface area contributed by atoms with Crippen molar-refractivity contribution in [3.63, 3.8) is 0 Å². The zero-order chi connectivity index (χ0) is 14.0. The van der Waals surface area contributed by atoms with Gasteiger partial charge in [-0.2, -0.15) is 5.10 Å². The first-order valence-electron chi connectivity index (χ1n) is 6.97. The van der Waals surface area contributed by atoms with Crippen molar-refractivity contribution < 1.29 is 9.90 Å². The third kappa shape index (κ3) is 2.97. The van der Waals surface area contributed by atoms with E-state index in [1.807, 2.05) is 20.9 Å². The Labute approximate surface area is 114 Å². The number of aryl methyl sites for hydroxylation is 2. The Hall–Kier alpha value is -1.36. The van der Waals surface area contributed by atoms with Crippen LogP contribution in [-0.2, 0) is 7.05 Å². The average molecular weight is 265 g/mol. The van der Waals surface area contributed by atoms with Crippen molar-refractivity contribution in [3.8, 4) is 0 Å². The molecule has 1 aromatic rings. The Balaban J connectivity index is 1.93. The maximum Gasteiger partial charge on any atom is 0.255 e. The molecule has 5 heteroatoms. The summed E-state index contributed by atoms with van der Waals surface area (Å²) in [5.41, 5.74) is 2.21. The predicted octanol–water partition coefficient (Wildman–Crippen LogP) is 1.32. The minimum atomic E-state index is -0.427. The van der Waals surface area contributed by atoms with Crippen LogP contribution in [0.4, 0.5) is 0 Å². The molecule has 106 valence electrons. The molecule has 19 heavy (non-hydrogen) atoms. The van der Waals surface area contributed by atoms with Gasteiger partial charge in [-0.25, -0.2) is 0 Å². The van der Waals surface area contributed by atoms with E-state index in [-0.39, 0.29) is 5.91 Å². The first kappa shape index (κ1) is 14.1. The van der Waals surface area contributed by atoms with Gasteiger partial charge in [-0.3, -0.25) is 9.48 Å². The van der Waals surface area contributed by atoms with Crippen LogP contribution < -0.4 is 5.32 Å². The summed E-state index contributed by atoms with van der Waals surface area (Å²) in [6, 6.07) is 0. The fourth-order valence-corrected chi connectivity index (χ4v) is 2.90. The van der Waals surface area contributed by atoms with Gasteiger partial charge in [0.05, 0.1) is 17.4 Å². The van der Waals surface area contributed by atoms with E-state index in [2.05, 4.69) is 10.4 Å². The van der Waals surface area contributed by atoms with E-state index in [9.17, 15) is 9.90 Å². The lowest BCUT2D eigenvalue weighted by Gasteiger charge is -2.18. The van der Waals surface area contributed by atoms with Crippen molar-refractivity contribution in [3.05, 3.63) is 17.0 Å². The molecule has 0 aromatic carbocycles. The molecule has 5 nitrogen and oxygen atoms in total. The van der Waals surface area contributed by atoms with Crippen molar-refractivity contribution in [2.75, 3.05) is 6.54 Å². The van der Waals surface area contributed by atoms with Crippen LogP contribution in [-0.4, -0.2) is 33.4 Å². The molecule has 1 aliphatic rings. The molecule has 0 bridgehead atoms. The first-order valence-corrected chi connectivity index (χ1v) is 6.97. The molecule has 1 aromatic heterocycles. The predicted molar refractivity (Wildman–Crippen MR) is 73.0 cm³/mol. The van der Waals surface area contributed by atoms with Crippen LogP contribution in [0.2, 0.25) is 0 Å². The molecular formula is C14H23N3O2. The van der Waals surface area contributed by atoms with Crippen LogP contribution in [0, 0.1) is 19.8 Å². The highest BCUT2D eigenvalue weighted by molar-refractivity contribution is 5.96. The van der Waals surface area contributed by atoms with E-state index in [1.54, 1.807) is 4.68 Å². The summed E-state index contributed by atoms with van der Waals surface area (Å²) in [6.45, 7) is 4.04. The largest absolute Gasteiger partial charge is 0.391 e. The highest BCUT2D eigenvalue weighted by Crippen LogP contribution is 2.27. The van der Waals surface area contributed by atoms with E-state index < -0.39 is 6.10 Å². The maximum atomic E-state index is 12.1. The number of rotatable bonds is 4. The molecule has 0 saturated heterocycles. The van der Waals surface area contributed by atoms with Gasteiger partial charge in [0.15, 0.2) is 0 Å². The molecule has 1 unspecified atom stereocenters. The molecule has 2 N–H and O–H groups in total. The number of aliphatic hydroxyl groups is 1. The van der Waals surface area contributed by atoms with Gasteiger partial charge in [0, 0.05) is 19.3 Å². The van der Waals surface area contributed by atoms with Crippen LogP contribution in [0.15, 0.2) is 0 Å². The number of amides is 1. The molecule has 1 amide bonds. The molecule has 0 radical (unpaired) electrons. The van der Waals surface area contributed by atoms with E-state index in [1.165, 1.54) is 12.8 Å². The lowest BCUT2D eigenvalue weighted by molar-refractivity contribution is 0.0839. The summed E-state index contributed by atoms with van der Waals surface area (Å²) in [7, 11) is 1.83. The van der Waals surface area contributed by atoms with E-state index in [0.29, 0.717) is 18.0 Å². The molecule has 1 aliphatic carbocycles. The summed E-state index contributed by atoms with van der Waals surface area (Å²) in [5, 5.41) is 17.1. The topological polar surface area (TPSA) is 67.2 Å². The highest BCUT2D eigenvalue weighted by Gasteiger charge is 2.24. The number of nitrogens with zero attached hydrogens (tertiary/aromatic N) is 2. The fourth-order valence-electron chi connectivity index (χ4n) is 2.90. The molecule has 0 aliphatic heterocycles. The average Bonchev–Trinajstić information content (AvgIpc) is 2.96. The number of hydrogen-bond donors (Lipinski definition) is 2. The molecule has 2 rings (SSSR count). The fraction of sp³-hybridized carbons (Fsp3) is 0.714. The summed E-state index contributed by atoms with van der Waals surface area (Å²) in [4.78, 5) is 12.1. The first-order chi connectivity index (χ1) is 9.00. The Morgan fingerprint density at radius 3 is 2.63 bits per heavy atom. The van der Waals surface area contributed by atoms with Crippen LogP contribution in [0.1, 0.15) is 47.4 Å². The number of aromatic nitrogens is 2. The summed E-state index contributed by atoms with van der Waals surface area (Å²) < 4.78 is 1.71. The second-order valence-electron chi connectivity index (χ2n) is 5.49. The van der Waals surface area contributed by atoms with Crippen molar-refractivity contribution in [2.45, 2.75) is 45.6 Å². The summed E-state index contributed by atoms with van der Waals surface area (Å²) in [6.07, 6.45) is 4.10. The van der Waals surface area contributed by atoms with Gasteiger partial charge >= 0.3 is 0 Å². The number of carbonyl (C=O) groups is 1. The quantitative estimate of drug-likeness (QED) is 0.862. The third-order valence-corrected chi connectivity index (χ3v) is 4.15. The van der Waals surface area contributed by atoms with Gasteiger partial charge in [0.2, 0.25) is 0 Å². The van der Waals surface area contributed by atoms with Gasteiger partial charge in [-0.15, -0.1) is 0 Å². The zero-order valence-corrected chi connectivity index (χ0v) is 11.9. The monoisotopic (exact) mass is 265 g/mol. The second kappa shape index (κ2) is 5.74. The second-order valence-corrected chi connectivity index (χ2v) is 5.49. The van der Waals surface area contributed by atoms with Gasteiger partial charge in [-0.05, 0) is 32.6 Å². The maximum absolute atomic E-state index is 12.1. The number of carbonyl (C=O) groups excluding carboxylic acids is 1. The van der Waals surface area contributed by atoms with Crippen molar-refractivity contribution >= 4 is 5.91 Å². The lowest BCUT2D eigenvalue weighted by Crippen LogP contribution is -2.36. The van der Waals surface area contributed by atoms with Gasteiger partial charge in [-0.1, -0.05) is 12.8 Å². The SMILES string of the molecule is Cc1nn(C)c(C)c1C(=O)NCC(O)C1CCCC1. The van der Waals surface area contributed by atoms with Crippen LogP contribution >= 0.6 is 0 Å². The van der Waals surface area contributed by atoms with Gasteiger partial charge < -0.3 is 10.4 Å². The van der Waals surface area contributed by atoms with E-state index >= 15 is 0 Å². The van der Waals surface area contributed by atoms with Crippen molar-refractivity contribution in [1.82, 2.24) is 15.1 Å². The lowest BCUT2D eigenvalue weighted by atomic mass is 10.0. The van der Waals surface area contributed by atoms with Gasteiger partial charge in [0.25, 0.3) is 5.91 Å². The Kier molecular flexibility index (Phi) is 4.24. The number of nitrogens with one attached hydrogen (secondary N) is 1. The molecular weight excluding hydrogens is 242 g/mol. The molecule has 1 saturated carbocycles. The third-order valence-electron chi connectivity index (χ3n) is 4.15. The number of aliphatic hydroxyl groups excluding tert-OH is 1. The Morgan fingerprint density at radius 2 is 2.11 bits per heavy atom. The van der Waals surface area contributed by atoms with Crippen LogP contribution in [0.25, 0.3) is 0 Å². The molecule has 1 fully saturated rings. The van der Waals surface area contributed by atoms with Crippen LogP contribution in [0.3, 0.4) is 0 Å². The standard InChI is InChI=1S/C14H23N3O2/c1-9-13(10(2)17(3)16-9)14(19)15-8-12(18)11-6-4-5-7-11/h11-12,18H,4-8H2,1-3H3,(H,15,19). The Morgan fingerprint density at radius 1 is 1.47 bits per heavy atom. The zero-order valence-electron chi connectivity index (χ0n) is 11.9. The normalized spacial score (nSPS) is 17.7. The summed E-state index contributed by atoms with van der Waals surface area (Å²) >= 11 is 0. The Bertz CT molecular complexity index is 462. The minimum absolute atomic E-state index is 0.139. The van der Waals surface area contributed by atoms with Crippen molar-refractivity contribution in [2.24, 2.45) is 13.0 Å². The van der Waals surface area contributed by atoms with Crippen LogP contribution in [0.5, 0.6) is 0 Å².